The number of nitrogens with zero attached hydrogens (tertiary/aromatic N) is 2. The lowest BCUT2D eigenvalue weighted by molar-refractivity contribution is 0.102. The summed E-state index contributed by atoms with van der Waals surface area (Å²) < 4.78 is 11.2. The number of pyridine rings is 1. The molecule has 5 aromatic rings. The maximum absolute atomic E-state index is 13.0. The number of nitrogens with one attached hydrogen (secondary N) is 1. The van der Waals surface area contributed by atoms with Crippen LogP contribution in [0.25, 0.3) is 33.3 Å². The summed E-state index contributed by atoms with van der Waals surface area (Å²) in [5.74, 6) is 0.748. The highest BCUT2D eigenvalue weighted by molar-refractivity contribution is 6.09. The van der Waals surface area contributed by atoms with Gasteiger partial charge in [0, 0.05) is 18.1 Å². The van der Waals surface area contributed by atoms with Gasteiger partial charge in [0.25, 0.3) is 5.91 Å². The average molecular weight is 395 g/mol. The van der Waals surface area contributed by atoms with Crippen molar-refractivity contribution in [1.82, 2.24) is 9.97 Å². The van der Waals surface area contributed by atoms with Crippen LogP contribution in [0.3, 0.4) is 0 Å². The van der Waals surface area contributed by atoms with Crippen molar-refractivity contribution in [2.24, 2.45) is 0 Å². The minimum atomic E-state index is -0.257. The minimum Gasteiger partial charge on any atom is -0.496 e. The molecule has 0 aliphatic heterocycles. The number of amides is 1. The summed E-state index contributed by atoms with van der Waals surface area (Å²) in [5.41, 5.74) is 3.16. The molecule has 3 aromatic carbocycles. The first-order valence-corrected chi connectivity index (χ1v) is 9.40. The van der Waals surface area contributed by atoms with Crippen molar-refractivity contribution in [2.45, 2.75) is 0 Å². The van der Waals surface area contributed by atoms with Gasteiger partial charge in [-0.05, 0) is 53.2 Å². The molecule has 5 rings (SSSR count). The van der Waals surface area contributed by atoms with Crippen molar-refractivity contribution >= 4 is 33.5 Å². The fourth-order valence-electron chi connectivity index (χ4n) is 3.38. The highest BCUT2D eigenvalue weighted by Crippen LogP contribution is 2.28. The van der Waals surface area contributed by atoms with Gasteiger partial charge in [0.15, 0.2) is 5.58 Å². The molecule has 1 amide bonds. The van der Waals surface area contributed by atoms with Crippen molar-refractivity contribution in [3.8, 4) is 17.2 Å². The van der Waals surface area contributed by atoms with Gasteiger partial charge >= 0.3 is 0 Å². The Morgan fingerprint density at radius 2 is 1.83 bits per heavy atom. The van der Waals surface area contributed by atoms with Gasteiger partial charge in [-0.2, -0.15) is 0 Å². The number of carbonyl (C=O) groups excluding carboxylic acids is 1. The average Bonchev–Trinajstić information content (AvgIpc) is 3.22. The predicted octanol–water partition coefficient (Wildman–Crippen LogP) is 5.30. The van der Waals surface area contributed by atoms with E-state index < -0.39 is 0 Å². The Hall–Kier alpha value is -4.19. The number of aromatic nitrogens is 2. The number of rotatable bonds is 4. The summed E-state index contributed by atoms with van der Waals surface area (Å²) in [6.07, 6.45) is 3.39. The van der Waals surface area contributed by atoms with E-state index >= 15 is 0 Å². The second kappa shape index (κ2) is 7.33. The van der Waals surface area contributed by atoms with Crippen LogP contribution in [0.5, 0.6) is 5.75 Å². The Bertz CT molecular complexity index is 1380. The summed E-state index contributed by atoms with van der Waals surface area (Å²) in [6.45, 7) is 0. The third kappa shape index (κ3) is 3.24. The van der Waals surface area contributed by atoms with Crippen molar-refractivity contribution in [3.63, 3.8) is 0 Å². The third-order valence-electron chi connectivity index (χ3n) is 4.87. The molecule has 30 heavy (non-hydrogen) atoms. The van der Waals surface area contributed by atoms with Crippen LogP contribution in [0.2, 0.25) is 0 Å². The third-order valence-corrected chi connectivity index (χ3v) is 4.87. The van der Waals surface area contributed by atoms with E-state index in [9.17, 15) is 4.79 Å². The zero-order valence-corrected chi connectivity index (χ0v) is 16.1. The Morgan fingerprint density at radius 3 is 2.60 bits per heavy atom. The molecule has 2 heterocycles. The molecular weight excluding hydrogens is 378 g/mol. The number of benzene rings is 3. The fourth-order valence-corrected chi connectivity index (χ4v) is 3.38. The van der Waals surface area contributed by atoms with Gasteiger partial charge in [0.2, 0.25) is 5.89 Å². The predicted molar refractivity (Wildman–Crippen MR) is 116 cm³/mol. The lowest BCUT2D eigenvalue weighted by Gasteiger charge is -2.11. The van der Waals surface area contributed by atoms with Crippen molar-refractivity contribution in [2.75, 3.05) is 12.4 Å². The summed E-state index contributed by atoms with van der Waals surface area (Å²) >= 11 is 0. The maximum Gasteiger partial charge on any atom is 0.259 e. The summed E-state index contributed by atoms with van der Waals surface area (Å²) in [5, 5.41) is 4.91. The van der Waals surface area contributed by atoms with Crippen LogP contribution >= 0.6 is 0 Å². The monoisotopic (exact) mass is 395 g/mol. The Morgan fingerprint density at radius 1 is 1.00 bits per heavy atom. The lowest BCUT2D eigenvalue weighted by Crippen LogP contribution is -2.13. The maximum atomic E-state index is 13.0. The van der Waals surface area contributed by atoms with Crippen LogP contribution in [0.1, 0.15) is 10.4 Å². The van der Waals surface area contributed by atoms with E-state index in [2.05, 4.69) is 15.3 Å². The van der Waals surface area contributed by atoms with Gasteiger partial charge in [-0.15, -0.1) is 0 Å². The SMILES string of the molecule is COc1cc2ccccc2cc1C(=O)Nc1ccc2oc(-c3cccnc3)nc2c1. The second-order valence-corrected chi connectivity index (χ2v) is 6.80. The molecule has 6 nitrogen and oxygen atoms in total. The Labute approximate surface area is 172 Å². The van der Waals surface area contributed by atoms with Crippen molar-refractivity contribution in [1.29, 1.82) is 0 Å². The van der Waals surface area contributed by atoms with Crippen LogP contribution in [-0.4, -0.2) is 23.0 Å². The van der Waals surface area contributed by atoms with E-state index in [1.807, 2.05) is 48.5 Å². The van der Waals surface area contributed by atoms with Crippen LogP contribution in [-0.2, 0) is 0 Å². The van der Waals surface area contributed by atoms with Crippen LogP contribution in [0.15, 0.2) is 83.5 Å². The molecule has 0 atom stereocenters. The molecule has 2 aromatic heterocycles. The molecule has 1 N–H and O–H groups in total. The van der Waals surface area contributed by atoms with Gasteiger partial charge in [0.1, 0.15) is 11.3 Å². The smallest absolute Gasteiger partial charge is 0.259 e. The van der Waals surface area contributed by atoms with E-state index in [-0.39, 0.29) is 5.91 Å². The summed E-state index contributed by atoms with van der Waals surface area (Å²) in [4.78, 5) is 21.6. The molecule has 6 heteroatoms. The molecule has 0 saturated carbocycles. The zero-order valence-electron chi connectivity index (χ0n) is 16.1. The van der Waals surface area contributed by atoms with Crippen LogP contribution in [0, 0.1) is 0 Å². The Kier molecular flexibility index (Phi) is 4.37. The number of hydrogen-bond acceptors (Lipinski definition) is 5. The summed E-state index contributed by atoms with van der Waals surface area (Å²) in [7, 11) is 1.56. The molecule has 0 bridgehead atoms. The number of oxazole rings is 1. The highest BCUT2D eigenvalue weighted by atomic mass is 16.5. The number of methoxy groups -OCH3 is 1. The van der Waals surface area contributed by atoms with Gasteiger partial charge in [-0.3, -0.25) is 9.78 Å². The number of ether oxygens (including phenoxy) is 1. The number of carbonyl (C=O) groups is 1. The van der Waals surface area contributed by atoms with E-state index in [0.717, 1.165) is 16.3 Å². The van der Waals surface area contributed by atoms with E-state index in [0.29, 0.717) is 34.0 Å². The normalized spacial score (nSPS) is 11.0. The number of fused-ring (bicyclic) bond motifs is 2. The molecule has 0 fully saturated rings. The van der Waals surface area contributed by atoms with Gasteiger partial charge in [0.05, 0.1) is 18.2 Å². The topological polar surface area (TPSA) is 77.2 Å². The molecule has 0 spiro atoms. The number of hydrogen-bond donors (Lipinski definition) is 1. The second-order valence-electron chi connectivity index (χ2n) is 6.80. The fraction of sp³-hybridized carbons (Fsp3) is 0.0417. The largest absolute Gasteiger partial charge is 0.496 e. The molecule has 146 valence electrons. The van der Waals surface area contributed by atoms with E-state index in [1.54, 1.807) is 37.7 Å². The van der Waals surface area contributed by atoms with E-state index in [4.69, 9.17) is 9.15 Å². The molecule has 0 unspecified atom stereocenters. The molecule has 0 aliphatic rings. The molecule has 0 radical (unpaired) electrons. The van der Waals surface area contributed by atoms with Crippen LogP contribution in [0.4, 0.5) is 5.69 Å². The molecule has 0 saturated heterocycles. The first-order chi connectivity index (χ1) is 14.7. The van der Waals surface area contributed by atoms with Gasteiger partial charge < -0.3 is 14.5 Å². The van der Waals surface area contributed by atoms with Crippen molar-refractivity contribution < 1.29 is 13.9 Å². The molecule has 0 aliphatic carbocycles. The Balaban J connectivity index is 1.46. The lowest BCUT2D eigenvalue weighted by atomic mass is 10.1. The number of anilines is 1. The highest BCUT2D eigenvalue weighted by Gasteiger charge is 2.15. The quantitative estimate of drug-likeness (QED) is 0.447. The summed E-state index contributed by atoms with van der Waals surface area (Å²) in [6, 6.07) is 20.6. The molecular formula is C24H17N3O3. The van der Waals surface area contributed by atoms with Gasteiger partial charge in [-0.25, -0.2) is 4.98 Å². The van der Waals surface area contributed by atoms with Crippen LogP contribution < -0.4 is 10.1 Å². The van der Waals surface area contributed by atoms with E-state index in [1.165, 1.54) is 0 Å². The first-order valence-electron chi connectivity index (χ1n) is 9.40. The minimum absolute atomic E-state index is 0.257. The van der Waals surface area contributed by atoms with Crippen molar-refractivity contribution in [3.05, 3.63) is 84.7 Å². The zero-order chi connectivity index (χ0) is 20.5. The van der Waals surface area contributed by atoms with Gasteiger partial charge in [-0.1, -0.05) is 24.3 Å². The standard InChI is InChI=1S/C24H17N3O3/c1-29-22-12-16-6-3-2-5-15(16)11-19(22)23(28)26-18-8-9-21-20(13-18)27-24(30-21)17-7-4-10-25-14-17/h2-14H,1H3,(H,26,28). The first kappa shape index (κ1) is 17.9.